The van der Waals surface area contributed by atoms with Crippen molar-refractivity contribution in [1.82, 2.24) is 0 Å². The van der Waals surface area contributed by atoms with Crippen molar-refractivity contribution in [2.45, 2.75) is 44.1 Å². The van der Waals surface area contributed by atoms with Crippen molar-refractivity contribution < 1.29 is 19.1 Å². The highest BCUT2D eigenvalue weighted by molar-refractivity contribution is 5.98. The summed E-state index contributed by atoms with van der Waals surface area (Å²) in [6.45, 7) is 0.254. The van der Waals surface area contributed by atoms with Crippen LogP contribution < -0.4 is 15.8 Å². The number of amides is 1. The molecule has 0 spiro atoms. The van der Waals surface area contributed by atoms with E-state index in [9.17, 15) is 9.59 Å². The fraction of sp³-hybridized carbons (Fsp3) is 0.529. The minimum Gasteiger partial charge on any atom is -0.493 e. The molecule has 0 heterocycles. The van der Waals surface area contributed by atoms with E-state index in [1.54, 1.807) is 24.3 Å². The smallest absolute Gasteiger partial charge is 0.308 e. The molecule has 3 N–H and O–H groups in total. The minimum atomic E-state index is -0.756. The van der Waals surface area contributed by atoms with Crippen molar-refractivity contribution >= 4 is 17.6 Å². The molecule has 6 nitrogen and oxygen atoms in total. The molecule has 2 rings (SSSR count). The average molecular weight is 320 g/mol. The number of hydrogen-bond acceptors (Lipinski definition) is 5. The Kier molecular flexibility index (Phi) is 5.98. The van der Waals surface area contributed by atoms with E-state index in [2.05, 4.69) is 10.1 Å². The van der Waals surface area contributed by atoms with Gasteiger partial charge in [0.05, 0.1) is 25.7 Å². The van der Waals surface area contributed by atoms with Crippen LogP contribution in [0.5, 0.6) is 5.75 Å². The Morgan fingerprint density at radius 3 is 2.43 bits per heavy atom. The van der Waals surface area contributed by atoms with Gasteiger partial charge in [-0.1, -0.05) is 19.3 Å². The number of carbonyl (C=O) groups is 2. The zero-order valence-electron chi connectivity index (χ0n) is 13.5. The number of ether oxygens (including phenoxy) is 2. The summed E-state index contributed by atoms with van der Waals surface area (Å²) in [5.74, 6) is 0.193. The number of methoxy groups -OCH3 is 1. The summed E-state index contributed by atoms with van der Waals surface area (Å²) < 4.78 is 9.98. The average Bonchev–Trinajstić information content (AvgIpc) is 2.57. The van der Waals surface area contributed by atoms with Crippen LogP contribution in [0.25, 0.3) is 0 Å². The first-order chi connectivity index (χ1) is 11.0. The molecular formula is C17H24N2O4. The summed E-state index contributed by atoms with van der Waals surface area (Å²) in [4.78, 5) is 23.3. The summed E-state index contributed by atoms with van der Waals surface area (Å²) in [5, 5.41) is 2.87. The van der Waals surface area contributed by atoms with Crippen molar-refractivity contribution in [3.05, 3.63) is 24.3 Å². The van der Waals surface area contributed by atoms with Crippen LogP contribution in [0.4, 0.5) is 5.69 Å². The van der Waals surface area contributed by atoms with Gasteiger partial charge < -0.3 is 20.5 Å². The second kappa shape index (κ2) is 7.97. The van der Waals surface area contributed by atoms with Gasteiger partial charge in [-0.2, -0.15) is 0 Å². The molecule has 1 amide bonds. The van der Waals surface area contributed by atoms with Gasteiger partial charge in [0.25, 0.3) is 0 Å². The number of esters is 1. The van der Waals surface area contributed by atoms with Gasteiger partial charge in [-0.05, 0) is 37.1 Å². The molecule has 0 aliphatic heterocycles. The van der Waals surface area contributed by atoms with Gasteiger partial charge in [0, 0.05) is 5.69 Å². The van der Waals surface area contributed by atoms with E-state index < -0.39 is 5.54 Å². The maximum atomic E-state index is 12.3. The molecule has 1 saturated carbocycles. The van der Waals surface area contributed by atoms with E-state index in [4.69, 9.17) is 10.5 Å². The number of benzene rings is 1. The summed E-state index contributed by atoms with van der Waals surface area (Å²) >= 11 is 0. The number of rotatable bonds is 6. The monoisotopic (exact) mass is 320 g/mol. The van der Waals surface area contributed by atoms with Crippen LogP contribution in [0, 0.1) is 0 Å². The zero-order chi connectivity index (χ0) is 16.7. The van der Waals surface area contributed by atoms with Gasteiger partial charge in [-0.25, -0.2) is 0 Å². The van der Waals surface area contributed by atoms with E-state index in [1.165, 1.54) is 7.11 Å². The van der Waals surface area contributed by atoms with Crippen LogP contribution in [0.2, 0.25) is 0 Å². The van der Waals surface area contributed by atoms with E-state index in [1.807, 2.05) is 0 Å². The predicted molar refractivity (Wildman–Crippen MR) is 87.2 cm³/mol. The van der Waals surface area contributed by atoms with Crippen molar-refractivity contribution in [3.8, 4) is 5.75 Å². The molecule has 1 fully saturated rings. The first kappa shape index (κ1) is 17.3. The van der Waals surface area contributed by atoms with Crippen LogP contribution in [-0.2, 0) is 14.3 Å². The third-order valence-corrected chi connectivity index (χ3v) is 4.11. The first-order valence-electron chi connectivity index (χ1n) is 7.93. The predicted octanol–water partition coefficient (Wildman–Crippen LogP) is 2.23. The molecule has 0 saturated heterocycles. The number of nitrogens with one attached hydrogen (secondary N) is 1. The fourth-order valence-electron chi connectivity index (χ4n) is 2.65. The molecule has 23 heavy (non-hydrogen) atoms. The molecule has 1 aromatic carbocycles. The minimum absolute atomic E-state index is 0.128. The maximum absolute atomic E-state index is 12.3. The lowest BCUT2D eigenvalue weighted by atomic mass is 9.82. The highest BCUT2D eigenvalue weighted by Gasteiger charge is 2.35. The molecule has 1 aliphatic rings. The Morgan fingerprint density at radius 1 is 1.17 bits per heavy atom. The third-order valence-electron chi connectivity index (χ3n) is 4.11. The van der Waals surface area contributed by atoms with Gasteiger partial charge in [-0.15, -0.1) is 0 Å². The fourth-order valence-corrected chi connectivity index (χ4v) is 2.65. The van der Waals surface area contributed by atoms with Gasteiger partial charge >= 0.3 is 5.97 Å². The molecule has 0 aromatic heterocycles. The standard InChI is InChI=1S/C17H24N2O4/c1-22-15(20)9-12-23-14-7-5-13(6-8-14)19-16(21)17(18)10-3-2-4-11-17/h5-8H,2-4,9-12,18H2,1H3,(H,19,21). The SMILES string of the molecule is COC(=O)CCOc1ccc(NC(=O)C2(N)CCCCC2)cc1. The lowest BCUT2D eigenvalue weighted by Gasteiger charge is -2.31. The van der Waals surface area contributed by atoms with Crippen molar-refractivity contribution in [2.75, 3.05) is 19.0 Å². The van der Waals surface area contributed by atoms with Gasteiger partial charge in [0.2, 0.25) is 5.91 Å². The quantitative estimate of drug-likeness (QED) is 0.784. The topological polar surface area (TPSA) is 90.6 Å². The summed E-state index contributed by atoms with van der Waals surface area (Å²) in [7, 11) is 1.34. The van der Waals surface area contributed by atoms with Crippen molar-refractivity contribution in [2.24, 2.45) is 5.73 Å². The van der Waals surface area contributed by atoms with Crippen molar-refractivity contribution in [3.63, 3.8) is 0 Å². The third kappa shape index (κ3) is 4.96. The second-order valence-electron chi connectivity index (χ2n) is 5.87. The Bertz CT molecular complexity index is 536. The summed E-state index contributed by atoms with van der Waals surface area (Å²) in [5.41, 5.74) is 6.14. The highest BCUT2D eigenvalue weighted by atomic mass is 16.5. The Hall–Kier alpha value is -2.08. The second-order valence-corrected chi connectivity index (χ2v) is 5.87. The molecule has 0 bridgehead atoms. The first-order valence-corrected chi connectivity index (χ1v) is 7.93. The molecule has 1 aromatic rings. The molecule has 0 radical (unpaired) electrons. The van der Waals surface area contributed by atoms with Crippen LogP contribution in [0.15, 0.2) is 24.3 Å². The Labute approximate surface area is 136 Å². The maximum Gasteiger partial charge on any atom is 0.308 e. The van der Waals surface area contributed by atoms with E-state index in [-0.39, 0.29) is 24.9 Å². The summed E-state index contributed by atoms with van der Waals surface area (Å²) in [6, 6.07) is 7.02. The number of hydrogen-bond donors (Lipinski definition) is 2. The van der Waals surface area contributed by atoms with Crippen molar-refractivity contribution in [1.29, 1.82) is 0 Å². The van der Waals surface area contributed by atoms with Crippen LogP contribution in [0.3, 0.4) is 0 Å². The number of nitrogens with two attached hydrogens (primary N) is 1. The van der Waals surface area contributed by atoms with Gasteiger partial charge in [-0.3, -0.25) is 9.59 Å². The Morgan fingerprint density at radius 2 is 1.83 bits per heavy atom. The molecule has 0 unspecified atom stereocenters. The van der Waals surface area contributed by atoms with E-state index >= 15 is 0 Å². The summed E-state index contributed by atoms with van der Waals surface area (Å²) in [6.07, 6.45) is 4.80. The normalized spacial score (nSPS) is 16.4. The number of carbonyl (C=O) groups excluding carboxylic acids is 2. The molecule has 6 heteroatoms. The van der Waals surface area contributed by atoms with Crippen LogP contribution in [-0.4, -0.2) is 31.1 Å². The van der Waals surface area contributed by atoms with Crippen LogP contribution in [0.1, 0.15) is 38.5 Å². The lowest BCUT2D eigenvalue weighted by molar-refractivity contribution is -0.141. The van der Waals surface area contributed by atoms with Gasteiger partial charge in [0.15, 0.2) is 0 Å². The lowest BCUT2D eigenvalue weighted by Crippen LogP contribution is -2.52. The van der Waals surface area contributed by atoms with E-state index in [0.29, 0.717) is 11.4 Å². The highest BCUT2D eigenvalue weighted by Crippen LogP contribution is 2.27. The molecule has 1 aliphatic carbocycles. The largest absolute Gasteiger partial charge is 0.493 e. The number of anilines is 1. The van der Waals surface area contributed by atoms with Crippen LogP contribution >= 0.6 is 0 Å². The Balaban J connectivity index is 1.84. The zero-order valence-corrected chi connectivity index (χ0v) is 13.5. The van der Waals surface area contributed by atoms with Gasteiger partial charge in [0.1, 0.15) is 5.75 Å². The molecule has 126 valence electrons. The molecular weight excluding hydrogens is 296 g/mol. The molecule has 0 atom stereocenters. The van der Waals surface area contributed by atoms with E-state index in [0.717, 1.165) is 32.1 Å².